The SMILES string of the molecule is CC(C)(C)N[C@@H]1CCCCC/C=C\C2C[C@@]2(C(=O)O)NC(=O)[C@@H]2C[C@@H](Oc3[c-]nc4ccccc4n3)CN2C1=O.[CH3-].[W+2]. The molecule has 5 atom stereocenters. The van der Waals surface area contributed by atoms with Crippen LogP contribution in [0.1, 0.15) is 65.7 Å². The maximum Gasteiger partial charge on any atom is 2.00 e. The van der Waals surface area contributed by atoms with E-state index in [9.17, 15) is 19.5 Å². The van der Waals surface area contributed by atoms with Gasteiger partial charge in [0.05, 0.1) is 12.6 Å². The Hall–Kier alpha value is -2.84. The Morgan fingerprint density at radius 1 is 1.19 bits per heavy atom. The van der Waals surface area contributed by atoms with Crippen molar-refractivity contribution in [3.63, 3.8) is 0 Å². The van der Waals surface area contributed by atoms with E-state index in [0.717, 1.165) is 25.7 Å². The second-order valence-electron chi connectivity index (χ2n) is 12.2. The van der Waals surface area contributed by atoms with Crippen LogP contribution in [-0.4, -0.2) is 73.6 Å². The number of ether oxygens (including phenoxy) is 1. The minimum Gasteiger partial charge on any atom is -0.488 e. The fourth-order valence-electron chi connectivity index (χ4n) is 5.78. The van der Waals surface area contributed by atoms with E-state index in [1.54, 1.807) is 4.90 Å². The molecule has 10 nitrogen and oxygen atoms in total. The molecule has 2 fully saturated rings. The first-order chi connectivity index (χ1) is 19.1. The molecule has 11 heteroatoms. The second-order valence-corrected chi connectivity index (χ2v) is 12.2. The molecule has 2 amide bonds. The molecule has 1 unspecified atom stereocenters. The van der Waals surface area contributed by atoms with Crippen molar-refractivity contribution in [1.82, 2.24) is 25.5 Å². The van der Waals surface area contributed by atoms with Gasteiger partial charge in [0.15, 0.2) is 0 Å². The van der Waals surface area contributed by atoms with Gasteiger partial charge >= 0.3 is 27.0 Å². The monoisotopic (exact) mass is 747 g/mol. The predicted molar refractivity (Wildman–Crippen MR) is 155 cm³/mol. The fourth-order valence-corrected chi connectivity index (χ4v) is 5.78. The topological polar surface area (TPSA) is 134 Å². The van der Waals surface area contributed by atoms with E-state index in [4.69, 9.17) is 4.74 Å². The van der Waals surface area contributed by atoms with Crippen LogP contribution in [0.3, 0.4) is 0 Å². The van der Waals surface area contributed by atoms with Crippen molar-refractivity contribution in [2.75, 3.05) is 6.54 Å². The molecule has 1 saturated carbocycles. The third-order valence-electron chi connectivity index (χ3n) is 7.88. The molecule has 0 radical (unpaired) electrons. The number of carbonyl (C=O) groups excluding carboxylic acids is 2. The Labute approximate surface area is 262 Å². The molecule has 2 aliphatic heterocycles. The predicted octanol–water partition coefficient (Wildman–Crippen LogP) is 3.46. The third-order valence-corrected chi connectivity index (χ3v) is 7.88. The molecule has 42 heavy (non-hydrogen) atoms. The summed E-state index contributed by atoms with van der Waals surface area (Å²) < 4.78 is 6.12. The number of hydrogen-bond acceptors (Lipinski definition) is 7. The van der Waals surface area contributed by atoms with Gasteiger partial charge in [-0.25, -0.2) is 9.78 Å². The molecule has 3 aliphatic rings. The van der Waals surface area contributed by atoms with Gasteiger partial charge in [-0.2, -0.15) is 0 Å². The van der Waals surface area contributed by atoms with E-state index in [1.807, 2.05) is 57.2 Å². The molecule has 0 bridgehead atoms. The summed E-state index contributed by atoms with van der Waals surface area (Å²) in [5.41, 5.74) is -0.318. The molecule has 1 aromatic heterocycles. The Balaban J connectivity index is 0.00000242. The summed E-state index contributed by atoms with van der Waals surface area (Å²) in [4.78, 5) is 50.3. The number of nitrogens with zero attached hydrogens (tertiary/aromatic N) is 3. The normalized spacial score (nSPS) is 29.0. The van der Waals surface area contributed by atoms with E-state index in [-0.39, 0.29) is 64.7 Å². The van der Waals surface area contributed by atoms with E-state index in [0.29, 0.717) is 23.9 Å². The van der Waals surface area contributed by atoms with Crippen LogP contribution in [0.25, 0.3) is 11.0 Å². The number of benzene rings is 1. The smallest absolute Gasteiger partial charge is 0.488 e. The fraction of sp³-hybridized carbons (Fsp3) is 0.548. The minimum absolute atomic E-state index is 0. The molecule has 1 aromatic carbocycles. The number of carboxylic acid groups (broad SMARTS) is 1. The van der Waals surface area contributed by atoms with Gasteiger partial charge < -0.3 is 37.8 Å². The van der Waals surface area contributed by atoms with Gasteiger partial charge in [-0.3, -0.25) is 9.59 Å². The van der Waals surface area contributed by atoms with Gasteiger partial charge in [0, 0.05) is 23.4 Å². The summed E-state index contributed by atoms with van der Waals surface area (Å²) in [5, 5.41) is 16.3. The van der Waals surface area contributed by atoms with E-state index in [2.05, 4.69) is 26.8 Å². The largest absolute Gasteiger partial charge is 2.00 e. The molecule has 3 heterocycles. The standard InChI is InChI=1S/C30H38N5O5.CH3.W/c1-29(2,3)33-23-14-8-6-4-5-7-11-19-16-30(19,28(38)39)34-26(36)24-15-20(18-35(24)27(23)37)40-25-17-31-21-12-9-10-13-22(21)32-25;;/h7,9-13,19-20,23-24,33H,4-6,8,14-16,18H2,1-3H3,(H,34,36)(H,38,39);1H3;/q2*-1;+2/b11-7-;;/t19?,20-,23-,24+,30-;;/m1../s1. The van der Waals surface area contributed by atoms with Crippen LogP contribution < -0.4 is 15.4 Å². The van der Waals surface area contributed by atoms with Crippen LogP contribution in [-0.2, 0) is 35.4 Å². The quantitative estimate of drug-likeness (QED) is 0.320. The average molecular weight is 748 g/mol. The van der Waals surface area contributed by atoms with Gasteiger partial charge in [-0.1, -0.05) is 54.9 Å². The number of para-hydroxylation sites is 2. The first-order valence-electron chi connectivity index (χ1n) is 14.2. The van der Waals surface area contributed by atoms with Crippen LogP contribution in [0.2, 0.25) is 0 Å². The van der Waals surface area contributed by atoms with Crippen LogP contribution in [0.4, 0.5) is 0 Å². The average Bonchev–Trinajstić information content (AvgIpc) is 3.44. The third kappa shape index (κ3) is 7.56. The maximum atomic E-state index is 14.0. The summed E-state index contributed by atoms with van der Waals surface area (Å²) in [7, 11) is 0. The number of nitrogens with one attached hydrogen (secondary N) is 2. The number of fused-ring (bicyclic) bond motifs is 3. The zero-order chi connectivity index (χ0) is 28.5. The van der Waals surface area contributed by atoms with Crippen LogP contribution in [0.15, 0.2) is 36.4 Å². The number of amides is 2. The van der Waals surface area contributed by atoms with Crippen LogP contribution >= 0.6 is 0 Å². The zero-order valence-corrected chi connectivity index (χ0v) is 27.7. The summed E-state index contributed by atoms with van der Waals surface area (Å²) in [6, 6.07) is 6.03. The van der Waals surface area contributed by atoms with E-state index >= 15 is 0 Å². The first-order valence-corrected chi connectivity index (χ1v) is 14.2. The molecule has 1 saturated heterocycles. The van der Waals surface area contributed by atoms with Gasteiger partial charge in [-0.05, 0) is 46.5 Å². The number of carboxylic acids is 1. The molecule has 2 aromatic rings. The van der Waals surface area contributed by atoms with Crippen molar-refractivity contribution in [2.24, 2.45) is 5.92 Å². The van der Waals surface area contributed by atoms with E-state index in [1.165, 1.54) is 0 Å². The van der Waals surface area contributed by atoms with Crippen molar-refractivity contribution in [1.29, 1.82) is 0 Å². The first kappa shape index (κ1) is 33.7. The Morgan fingerprint density at radius 2 is 1.93 bits per heavy atom. The summed E-state index contributed by atoms with van der Waals surface area (Å²) in [5.74, 6) is -1.79. The van der Waals surface area contributed by atoms with Crippen LogP contribution in [0.5, 0.6) is 5.88 Å². The number of allylic oxidation sites excluding steroid dienone is 1. The zero-order valence-electron chi connectivity index (χ0n) is 24.8. The van der Waals surface area contributed by atoms with E-state index < -0.39 is 35.6 Å². The van der Waals surface area contributed by atoms with Crippen LogP contribution in [0, 0.1) is 19.5 Å². The number of aromatic nitrogens is 2. The summed E-state index contributed by atoms with van der Waals surface area (Å²) in [6.07, 6.45) is 11.0. The van der Waals surface area contributed by atoms with Crippen molar-refractivity contribution in [2.45, 2.75) is 95.0 Å². The molecule has 1 aliphatic carbocycles. The van der Waals surface area contributed by atoms with Gasteiger partial charge in [-0.15, -0.1) is 6.07 Å². The minimum atomic E-state index is -1.35. The Kier molecular flexibility index (Phi) is 10.9. The van der Waals surface area contributed by atoms with Gasteiger partial charge in [0.1, 0.15) is 23.6 Å². The molecule has 5 rings (SSSR count). The molecule has 0 spiro atoms. The number of carbonyl (C=O) groups is 3. The molecule has 226 valence electrons. The number of aliphatic carboxylic acids is 1. The molecule has 3 N–H and O–H groups in total. The second kappa shape index (κ2) is 13.6. The van der Waals surface area contributed by atoms with Crippen molar-refractivity contribution < 1.29 is 45.3 Å². The summed E-state index contributed by atoms with van der Waals surface area (Å²) >= 11 is 0. The van der Waals surface area contributed by atoms with Crippen molar-refractivity contribution >= 4 is 28.8 Å². The van der Waals surface area contributed by atoms with Crippen molar-refractivity contribution in [3.8, 4) is 5.88 Å². The Bertz CT molecular complexity index is 1310. The van der Waals surface area contributed by atoms with Crippen molar-refractivity contribution in [3.05, 3.63) is 50.0 Å². The van der Waals surface area contributed by atoms with Gasteiger partial charge in [0.2, 0.25) is 11.8 Å². The molecular formula is C31H41N5O5W. The molecular weight excluding hydrogens is 706 g/mol. The Morgan fingerprint density at radius 3 is 2.64 bits per heavy atom. The number of rotatable bonds is 4. The summed E-state index contributed by atoms with van der Waals surface area (Å²) in [6.45, 7) is 6.21. The number of hydrogen-bond donors (Lipinski definition) is 3. The maximum absolute atomic E-state index is 14.0. The van der Waals surface area contributed by atoms with Gasteiger partial charge in [0.25, 0.3) is 0 Å².